The van der Waals surface area contributed by atoms with Crippen LogP contribution in [0.5, 0.6) is 5.75 Å². The van der Waals surface area contributed by atoms with E-state index in [4.69, 9.17) is 9.47 Å². The molecule has 5 nitrogen and oxygen atoms in total. The first-order valence-electron chi connectivity index (χ1n) is 8.17. The first kappa shape index (κ1) is 15.3. The van der Waals surface area contributed by atoms with Gasteiger partial charge in [0.05, 0.1) is 19.3 Å². The Labute approximate surface area is 131 Å². The fourth-order valence-electron chi connectivity index (χ4n) is 3.00. The summed E-state index contributed by atoms with van der Waals surface area (Å²) in [5.41, 5.74) is 0.806. The normalized spacial score (nSPS) is 22.5. The number of morpholine rings is 1. The van der Waals surface area contributed by atoms with Gasteiger partial charge in [-0.1, -0.05) is 0 Å². The third-order valence-corrected chi connectivity index (χ3v) is 4.17. The molecule has 1 heterocycles. The summed E-state index contributed by atoms with van der Waals surface area (Å²) in [7, 11) is 0. The second kappa shape index (κ2) is 7.61. The average Bonchev–Trinajstić information content (AvgIpc) is 3.03. The molecular formula is C17H24N2O3. The molecule has 1 aromatic rings. The molecule has 0 bridgehead atoms. The summed E-state index contributed by atoms with van der Waals surface area (Å²) in [6, 6.07) is 7.75. The summed E-state index contributed by atoms with van der Waals surface area (Å²) < 4.78 is 11.3. The van der Waals surface area contributed by atoms with Crippen LogP contribution >= 0.6 is 0 Å². The van der Waals surface area contributed by atoms with E-state index >= 15 is 0 Å². The number of carbonyl (C=O) groups is 1. The molecule has 1 saturated carbocycles. The first-order chi connectivity index (χ1) is 10.8. The lowest BCUT2D eigenvalue weighted by Crippen LogP contribution is -2.43. The van der Waals surface area contributed by atoms with Crippen molar-refractivity contribution in [3.8, 4) is 5.75 Å². The van der Waals surface area contributed by atoms with E-state index in [1.807, 2.05) is 24.3 Å². The number of hydrogen-bond donors (Lipinski definition) is 2. The lowest BCUT2D eigenvalue weighted by molar-refractivity contribution is -0.117. The highest BCUT2D eigenvalue weighted by Crippen LogP contribution is 2.25. The fraction of sp³-hybridized carbons (Fsp3) is 0.588. The van der Waals surface area contributed by atoms with Crippen LogP contribution in [-0.2, 0) is 9.53 Å². The largest absolute Gasteiger partial charge is 0.490 e. The summed E-state index contributed by atoms with van der Waals surface area (Å²) in [6.07, 6.45) is 5.61. The van der Waals surface area contributed by atoms with Gasteiger partial charge in [0, 0.05) is 24.7 Å². The van der Waals surface area contributed by atoms with Gasteiger partial charge in [-0.05, 0) is 49.9 Å². The van der Waals surface area contributed by atoms with Gasteiger partial charge >= 0.3 is 0 Å². The molecule has 5 heteroatoms. The Morgan fingerprint density at radius 3 is 2.73 bits per heavy atom. The number of benzene rings is 1. The van der Waals surface area contributed by atoms with Crippen molar-refractivity contribution in [3.05, 3.63) is 24.3 Å². The molecule has 1 amide bonds. The maximum atomic E-state index is 12.0. The Kier molecular flexibility index (Phi) is 5.29. The molecule has 0 radical (unpaired) electrons. The van der Waals surface area contributed by atoms with E-state index < -0.39 is 0 Å². The zero-order chi connectivity index (χ0) is 15.2. The summed E-state index contributed by atoms with van der Waals surface area (Å²) in [6.45, 7) is 2.13. The van der Waals surface area contributed by atoms with Crippen molar-refractivity contribution in [2.24, 2.45) is 0 Å². The number of nitrogens with one attached hydrogen (secondary N) is 2. The van der Waals surface area contributed by atoms with Crippen molar-refractivity contribution in [2.45, 2.75) is 44.2 Å². The summed E-state index contributed by atoms with van der Waals surface area (Å²) >= 11 is 0. The van der Waals surface area contributed by atoms with Crippen molar-refractivity contribution in [1.82, 2.24) is 5.32 Å². The van der Waals surface area contributed by atoms with Crippen LogP contribution in [0.3, 0.4) is 0 Å². The third kappa shape index (κ3) is 4.45. The maximum Gasteiger partial charge on any atom is 0.226 e. The first-order valence-corrected chi connectivity index (χ1v) is 8.17. The Hall–Kier alpha value is -1.59. The van der Waals surface area contributed by atoms with Crippen molar-refractivity contribution in [1.29, 1.82) is 0 Å². The van der Waals surface area contributed by atoms with Gasteiger partial charge in [0.15, 0.2) is 0 Å². The summed E-state index contributed by atoms with van der Waals surface area (Å²) in [4.78, 5) is 12.0. The van der Waals surface area contributed by atoms with Gasteiger partial charge in [-0.3, -0.25) is 4.79 Å². The van der Waals surface area contributed by atoms with E-state index in [1.165, 1.54) is 12.8 Å². The van der Waals surface area contributed by atoms with E-state index in [1.54, 1.807) is 0 Å². The van der Waals surface area contributed by atoms with Crippen LogP contribution in [-0.4, -0.2) is 37.8 Å². The van der Waals surface area contributed by atoms with Gasteiger partial charge in [-0.25, -0.2) is 0 Å². The van der Waals surface area contributed by atoms with Gasteiger partial charge in [-0.15, -0.1) is 0 Å². The van der Waals surface area contributed by atoms with Crippen LogP contribution in [0.25, 0.3) is 0 Å². The monoisotopic (exact) mass is 304 g/mol. The zero-order valence-corrected chi connectivity index (χ0v) is 12.8. The Morgan fingerprint density at radius 2 is 2.05 bits per heavy atom. The van der Waals surface area contributed by atoms with Gasteiger partial charge in [0.1, 0.15) is 5.75 Å². The maximum absolute atomic E-state index is 12.0. The molecule has 1 aromatic carbocycles. The SMILES string of the molecule is O=C(CC1COCCN1)Nc1ccc(OC2CCCC2)cc1. The number of rotatable bonds is 5. The Morgan fingerprint density at radius 1 is 1.27 bits per heavy atom. The number of hydrogen-bond acceptors (Lipinski definition) is 4. The van der Waals surface area contributed by atoms with E-state index in [0.29, 0.717) is 19.1 Å². The molecule has 1 atom stereocenters. The minimum absolute atomic E-state index is 0.00691. The predicted octanol–water partition coefficient (Wildman–Crippen LogP) is 2.32. The van der Waals surface area contributed by atoms with E-state index in [2.05, 4.69) is 10.6 Å². The van der Waals surface area contributed by atoms with Crippen molar-refractivity contribution >= 4 is 11.6 Å². The summed E-state index contributed by atoms with van der Waals surface area (Å²) in [5, 5.41) is 6.20. The quantitative estimate of drug-likeness (QED) is 0.876. The van der Waals surface area contributed by atoms with Gasteiger partial charge in [-0.2, -0.15) is 0 Å². The molecule has 1 unspecified atom stereocenters. The minimum Gasteiger partial charge on any atom is -0.490 e. The molecule has 22 heavy (non-hydrogen) atoms. The standard InChI is InChI=1S/C17H24N2O3/c20-17(11-14-12-21-10-9-18-14)19-13-5-7-16(8-6-13)22-15-3-1-2-4-15/h5-8,14-15,18H,1-4,9-12H2,(H,19,20). The lowest BCUT2D eigenvalue weighted by atomic mass is 10.2. The smallest absolute Gasteiger partial charge is 0.226 e. The van der Waals surface area contributed by atoms with Gasteiger partial charge in [0.2, 0.25) is 5.91 Å². The van der Waals surface area contributed by atoms with Crippen LogP contribution in [0.1, 0.15) is 32.1 Å². The fourth-order valence-corrected chi connectivity index (χ4v) is 3.00. The number of carbonyl (C=O) groups excluding carboxylic acids is 1. The molecule has 2 fully saturated rings. The highest BCUT2D eigenvalue weighted by Gasteiger charge is 2.18. The van der Waals surface area contributed by atoms with Gasteiger partial charge < -0.3 is 20.1 Å². The number of anilines is 1. The number of amides is 1. The van der Waals surface area contributed by atoms with Crippen LogP contribution in [0.2, 0.25) is 0 Å². The van der Waals surface area contributed by atoms with E-state index in [9.17, 15) is 4.79 Å². The molecule has 1 saturated heterocycles. The molecule has 0 spiro atoms. The lowest BCUT2D eigenvalue weighted by Gasteiger charge is -2.23. The molecule has 1 aliphatic heterocycles. The molecule has 1 aliphatic carbocycles. The van der Waals surface area contributed by atoms with Gasteiger partial charge in [0.25, 0.3) is 0 Å². The topological polar surface area (TPSA) is 59.6 Å². The predicted molar refractivity (Wildman–Crippen MR) is 85.2 cm³/mol. The molecule has 3 rings (SSSR count). The van der Waals surface area contributed by atoms with Crippen LogP contribution in [0.4, 0.5) is 5.69 Å². The van der Waals surface area contributed by atoms with Crippen LogP contribution < -0.4 is 15.4 Å². The van der Waals surface area contributed by atoms with E-state index in [-0.39, 0.29) is 11.9 Å². The Bertz CT molecular complexity index is 477. The van der Waals surface area contributed by atoms with Crippen molar-refractivity contribution in [3.63, 3.8) is 0 Å². The second-order valence-electron chi connectivity index (χ2n) is 6.03. The number of ether oxygens (including phenoxy) is 2. The second-order valence-corrected chi connectivity index (χ2v) is 6.03. The molecule has 2 aliphatic rings. The zero-order valence-electron chi connectivity index (χ0n) is 12.8. The minimum atomic E-state index is 0.00691. The molecule has 2 N–H and O–H groups in total. The molecule has 0 aromatic heterocycles. The molecule has 120 valence electrons. The highest BCUT2D eigenvalue weighted by molar-refractivity contribution is 5.91. The van der Waals surface area contributed by atoms with Crippen LogP contribution in [0.15, 0.2) is 24.3 Å². The Balaban J connectivity index is 1.46. The van der Waals surface area contributed by atoms with E-state index in [0.717, 1.165) is 37.4 Å². The average molecular weight is 304 g/mol. The highest BCUT2D eigenvalue weighted by atomic mass is 16.5. The molecular weight excluding hydrogens is 280 g/mol. The van der Waals surface area contributed by atoms with Crippen molar-refractivity contribution < 1.29 is 14.3 Å². The third-order valence-electron chi connectivity index (χ3n) is 4.17. The van der Waals surface area contributed by atoms with Crippen molar-refractivity contribution in [2.75, 3.05) is 25.1 Å². The summed E-state index contributed by atoms with van der Waals surface area (Å²) in [5.74, 6) is 0.889. The van der Waals surface area contributed by atoms with Crippen LogP contribution in [0, 0.1) is 0 Å².